The second kappa shape index (κ2) is 9.67. The maximum Gasteiger partial charge on any atom is 0.282 e. The Balaban J connectivity index is 1.37. The molecule has 0 aliphatic carbocycles. The van der Waals surface area contributed by atoms with Crippen LogP contribution in [0.15, 0.2) is 118 Å². The fourth-order valence-corrected chi connectivity index (χ4v) is 5.21. The summed E-state index contributed by atoms with van der Waals surface area (Å²) in [7, 11) is 0. The molecule has 0 aliphatic rings. The maximum absolute atomic E-state index is 13.7. The molecule has 7 heteroatoms. The molecular weight excluding hydrogens is 520 g/mol. The van der Waals surface area contributed by atoms with Crippen molar-refractivity contribution in [1.29, 1.82) is 0 Å². The number of halogens is 1. The molecule has 0 aliphatic heterocycles. The Morgan fingerprint density at radius 3 is 2.55 bits per heavy atom. The molecule has 4 aromatic carbocycles. The summed E-state index contributed by atoms with van der Waals surface area (Å²) in [5, 5.41) is 7.63. The van der Waals surface area contributed by atoms with Crippen molar-refractivity contribution in [3.63, 3.8) is 0 Å². The molecule has 0 atom stereocenters. The van der Waals surface area contributed by atoms with Crippen molar-refractivity contribution in [2.24, 2.45) is 5.10 Å². The average Bonchev–Trinajstić information content (AvgIpc) is 3.55. The highest BCUT2D eigenvalue weighted by Gasteiger charge is 2.17. The van der Waals surface area contributed by atoms with E-state index in [1.165, 1.54) is 15.8 Å². The van der Waals surface area contributed by atoms with Gasteiger partial charge in [-0.15, -0.1) is 0 Å². The molecule has 0 bridgehead atoms. The van der Waals surface area contributed by atoms with Gasteiger partial charge in [0.1, 0.15) is 5.58 Å². The van der Waals surface area contributed by atoms with E-state index < -0.39 is 0 Å². The van der Waals surface area contributed by atoms with Crippen LogP contribution < -0.4 is 5.56 Å². The Hall–Kier alpha value is -4.94. The largest absolute Gasteiger partial charge is 0.453 e. The van der Waals surface area contributed by atoms with Crippen LogP contribution in [-0.4, -0.2) is 20.4 Å². The highest BCUT2D eigenvalue weighted by molar-refractivity contribution is 6.31. The lowest BCUT2D eigenvalue weighted by molar-refractivity contribution is 0.616. The number of fused-ring (bicyclic) bond motifs is 3. The number of furan rings is 1. The van der Waals surface area contributed by atoms with E-state index in [0.29, 0.717) is 33.1 Å². The summed E-state index contributed by atoms with van der Waals surface area (Å²) in [5.41, 5.74) is 5.36. The van der Waals surface area contributed by atoms with Crippen LogP contribution in [0, 0.1) is 6.92 Å². The first kappa shape index (κ1) is 24.1. The van der Waals surface area contributed by atoms with Crippen LogP contribution in [0.25, 0.3) is 44.4 Å². The monoisotopic (exact) mass is 542 g/mol. The number of hydrogen-bond acceptors (Lipinski definition) is 4. The molecular formula is C33H23ClN4O2. The van der Waals surface area contributed by atoms with Crippen LogP contribution in [0.4, 0.5) is 0 Å². The van der Waals surface area contributed by atoms with Crippen LogP contribution in [0.2, 0.25) is 5.02 Å². The quantitative estimate of drug-likeness (QED) is 0.210. The van der Waals surface area contributed by atoms with E-state index >= 15 is 0 Å². The zero-order chi connectivity index (χ0) is 27.2. The molecule has 194 valence electrons. The number of para-hydroxylation sites is 2. The van der Waals surface area contributed by atoms with Crippen molar-refractivity contribution in [2.75, 3.05) is 0 Å². The highest BCUT2D eigenvalue weighted by atomic mass is 35.5. The van der Waals surface area contributed by atoms with Gasteiger partial charge in [-0.25, -0.2) is 4.98 Å². The Labute approximate surface area is 234 Å². The van der Waals surface area contributed by atoms with Crippen molar-refractivity contribution in [1.82, 2.24) is 14.2 Å². The highest BCUT2D eigenvalue weighted by Crippen LogP contribution is 2.29. The van der Waals surface area contributed by atoms with E-state index in [1.807, 2.05) is 42.5 Å². The first-order valence-corrected chi connectivity index (χ1v) is 13.3. The second-order valence-electron chi connectivity index (χ2n) is 9.82. The first-order valence-electron chi connectivity index (χ1n) is 12.9. The molecule has 3 aromatic heterocycles. The maximum atomic E-state index is 13.7. The molecule has 0 amide bonds. The van der Waals surface area contributed by atoms with Gasteiger partial charge in [-0.3, -0.25) is 4.79 Å². The summed E-state index contributed by atoms with van der Waals surface area (Å²) in [4.78, 5) is 18.5. The second-order valence-corrected chi connectivity index (χ2v) is 10.3. The van der Waals surface area contributed by atoms with Crippen molar-refractivity contribution in [3.8, 4) is 11.6 Å². The smallest absolute Gasteiger partial charge is 0.282 e. The van der Waals surface area contributed by atoms with Gasteiger partial charge in [-0.1, -0.05) is 71.8 Å². The van der Waals surface area contributed by atoms with E-state index in [1.54, 1.807) is 24.4 Å². The number of aromatic nitrogens is 3. The summed E-state index contributed by atoms with van der Waals surface area (Å²) in [6, 6.07) is 31.2. The molecule has 0 saturated heterocycles. The third kappa shape index (κ3) is 4.28. The number of rotatable bonds is 5. The van der Waals surface area contributed by atoms with Crippen molar-refractivity contribution < 1.29 is 4.42 Å². The van der Waals surface area contributed by atoms with E-state index in [-0.39, 0.29) is 5.56 Å². The molecule has 0 spiro atoms. The van der Waals surface area contributed by atoms with Gasteiger partial charge in [0.15, 0.2) is 5.76 Å². The Kier molecular flexibility index (Phi) is 5.83. The molecule has 0 fully saturated rings. The molecule has 6 nitrogen and oxygen atoms in total. The molecule has 0 N–H and O–H groups in total. The van der Waals surface area contributed by atoms with Crippen molar-refractivity contribution in [3.05, 3.63) is 135 Å². The van der Waals surface area contributed by atoms with Gasteiger partial charge < -0.3 is 8.98 Å². The van der Waals surface area contributed by atoms with E-state index in [4.69, 9.17) is 21.0 Å². The number of hydrogen-bond donors (Lipinski definition) is 0. The van der Waals surface area contributed by atoms with Gasteiger partial charge in [0.25, 0.3) is 5.56 Å². The predicted molar refractivity (Wildman–Crippen MR) is 161 cm³/mol. The zero-order valence-electron chi connectivity index (χ0n) is 21.6. The van der Waals surface area contributed by atoms with E-state index in [2.05, 4.69) is 59.2 Å². The van der Waals surface area contributed by atoms with Gasteiger partial charge in [0, 0.05) is 39.6 Å². The lowest BCUT2D eigenvalue weighted by Gasteiger charge is -2.07. The fraction of sp³-hybridized carbons (Fsp3) is 0.0606. The van der Waals surface area contributed by atoms with Gasteiger partial charge in [-0.05, 0) is 55.0 Å². The first-order chi connectivity index (χ1) is 19.5. The number of benzene rings is 4. The zero-order valence-corrected chi connectivity index (χ0v) is 22.3. The molecule has 7 aromatic rings. The van der Waals surface area contributed by atoms with Crippen LogP contribution in [0.5, 0.6) is 0 Å². The van der Waals surface area contributed by atoms with Crippen molar-refractivity contribution >= 4 is 50.6 Å². The summed E-state index contributed by atoms with van der Waals surface area (Å²) >= 11 is 6.20. The van der Waals surface area contributed by atoms with Crippen LogP contribution in [0.1, 0.15) is 16.7 Å². The van der Waals surface area contributed by atoms with Gasteiger partial charge in [0.05, 0.1) is 17.1 Å². The van der Waals surface area contributed by atoms with E-state index in [0.717, 1.165) is 28.4 Å². The Morgan fingerprint density at radius 2 is 1.70 bits per heavy atom. The van der Waals surface area contributed by atoms with Gasteiger partial charge in [-0.2, -0.15) is 9.78 Å². The minimum atomic E-state index is -0.279. The minimum Gasteiger partial charge on any atom is -0.453 e. The Morgan fingerprint density at radius 1 is 0.925 bits per heavy atom. The molecule has 0 unspecified atom stereocenters. The fourth-order valence-electron chi connectivity index (χ4n) is 5.03. The summed E-state index contributed by atoms with van der Waals surface area (Å²) in [6.45, 7) is 2.81. The molecule has 7 rings (SSSR count). The predicted octanol–water partition coefficient (Wildman–Crippen LogP) is 7.66. The average molecular weight is 543 g/mol. The lowest BCUT2D eigenvalue weighted by atomic mass is 10.1. The lowest BCUT2D eigenvalue weighted by Crippen LogP contribution is -2.20. The van der Waals surface area contributed by atoms with Gasteiger partial charge in [0.2, 0.25) is 5.82 Å². The number of nitrogens with zero attached hydrogens (tertiary/aromatic N) is 4. The molecule has 0 radical (unpaired) electrons. The number of aryl methyl sites for hydroxylation is 1. The van der Waals surface area contributed by atoms with Gasteiger partial charge >= 0.3 is 0 Å². The minimum absolute atomic E-state index is 0.279. The van der Waals surface area contributed by atoms with Crippen molar-refractivity contribution in [2.45, 2.75) is 13.5 Å². The summed E-state index contributed by atoms with van der Waals surface area (Å²) < 4.78 is 9.61. The van der Waals surface area contributed by atoms with E-state index in [9.17, 15) is 4.79 Å². The third-order valence-corrected chi connectivity index (χ3v) is 7.29. The Bertz CT molecular complexity index is 2130. The summed E-state index contributed by atoms with van der Waals surface area (Å²) in [5.74, 6) is 0.745. The van der Waals surface area contributed by atoms with Crippen LogP contribution in [-0.2, 0) is 6.54 Å². The van der Waals surface area contributed by atoms with Crippen LogP contribution >= 0.6 is 11.6 Å². The standard InChI is InChI=1S/C33H23ClN4O2/c1-21-10-12-22(13-11-21)19-37-20-24(26-6-3-5-9-29(26)37)18-35-38-32(36-28-8-4-2-7-27(28)33(38)39)31-17-23-16-25(34)14-15-30(23)40-31/h2-18,20H,19H2,1H3. The normalized spacial score (nSPS) is 11.8. The SMILES string of the molecule is Cc1ccc(Cn2cc(C=Nn3c(-c4cc5cc(Cl)ccc5o4)nc4ccccc4c3=O)c3ccccc32)cc1. The van der Waals surface area contributed by atoms with Crippen LogP contribution in [0.3, 0.4) is 0 Å². The molecule has 3 heterocycles. The topological polar surface area (TPSA) is 65.3 Å². The third-order valence-electron chi connectivity index (χ3n) is 7.06. The summed E-state index contributed by atoms with van der Waals surface area (Å²) in [6.07, 6.45) is 3.78. The molecule has 40 heavy (non-hydrogen) atoms. The molecule has 0 saturated carbocycles.